The van der Waals surface area contributed by atoms with Crippen LogP contribution in [0.2, 0.25) is 0 Å². The molecular formula is C85H82N3O3+3. The first-order valence-corrected chi connectivity index (χ1v) is 32.8. The van der Waals surface area contributed by atoms with Crippen LogP contribution in [-0.4, -0.2) is 0 Å². The van der Waals surface area contributed by atoms with Crippen LogP contribution in [-0.2, 0) is 33.9 Å². The number of hydrogen-bond acceptors (Lipinski definition) is 3. The maximum absolute atomic E-state index is 9.09. The fourth-order valence-electron chi connectivity index (χ4n) is 14.5. The van der Waals surface area contributed by atoms with Gasteiger partial charge in [0.15, 0.2) is 18.6 Å². The molecule has 0 spiro atoms. The van der Waals surface area contributed by atoms with E-state index >= 15 is 0 Å². The quantitative estimate of drug-likeness (QED) is 0.143. The maximum atomic E-state index is 9.09. The average Bonchev–Trinajstić information content (AvgIpc) is 1.58. The number of benzene rings is 9. The summed E-state index contributed by atoms with van der Waals surface area (Å²) < 4.78 is 69.1. The van der Waals surface area contributed by atoms with Crippen LogP contribution in [0.1, 0.15) is 118 Å². The smallest absolute Gasteiger partial charge is 0.212 e. The third kappa shape index (κ3) is 11.3. The molecule has 0 unspecified atom stereocenters. The van der Waals surface area contributed by atoms with E-state index < -0.39 is 18.6 Å². The summed E-state index contributed by atoms with van der Waals surface area (Å²) in [4.78, 5) is 0. The molecule has 0 bridgehead atoms. The Bertz CT molecular complexity index is 5570. The van der Waals surface area contributed by atoms with Crippen molar-refractivity contribution in [2.24, 2.45) is 33.0 Å². The summed E-state index contributed by atoms with van der Waals surface area (Å²) in [6, 6.07) is 63.5. The van der Waals surface area contributed by atoms with E-state index in [0.717, 1.165) is 162 Å². The Balaban J connectivity index is 0.000000118. The molecule has 0 saturated heterocycles. The van der Waals surface area contributed by atoms with E-state index in [0.29, 0.717) is 5.56 Å². The van der Waals surface area contributed by atoms with Crippen LogP contribution >= 0.6 is 0 Å². The molecule has 2 aliphatic rings. The van der Waals surface area contributed by atoms with E-state index in [1.165, 1.54) is 55.3 Å². The zero-order valence-corrected chi connectivity index (χ0v) is 53.6. The molecule has 9 aromatic carbocycles. The first-order chi connectivity index (χ1) is 46.2. The summed E-state index contributed by atoms with van der Waals surface area (Å²) in [7, 11) is 6.11. The molecular weight excluding hydrogens is 1110 g/mol. The van der Waals surface area contributed by atoms with Gasteiger partial charge in [-0.3, -0.25) is 0 Å². The molecule has 2 aliphatic carbocycles. The minimum absolute atomic E-state index is 0.103. The number of fused-ring (bicyclic) bond motifs is 12. The number of rotatable bonds is 8. The molecule has 15 aromatic rings. The number of nitrogens with zero attached hydrogens (tertiary/aromatic N) is 3. The lowest BCUT2D eigenvalue weighted by Crippen LogP contribution is -2.31. The zero-order valence-electron chi connectivity index (χ0n) is 58.6. The van der Waals surface area contributed by atoms with Crippen molar-refractivity contribution in [3.8, 4) is 33.8 Å². The van der Waals surface area contributed by atoms with Crippen molar-refractivity contribution in [3.63, 3.8) is 0 Å². The molecule has 2 saturated carbocycles. The molecule has 0 N–H and O–H groups in total. The predicted molar refractivity (Wildman–Crippen MR) is 378 cm³/mol. The van der Waals surface area contributed by atoms with E-state index in [9.17, 15) is 0 Å². The molecule has 2 fully saturated rings. The molecule has 6 aromatic heterocycles. The van der Waals surface area contributed by atoms with Crippen molar-refractivity contribution in [2.75, 3.05) is 0 Å². The largest absolute Gasteiger partial charge is 0.456 e. The van der Waals surface area contributed by atoms with Gasteiger partial charge < -0.3 is 13.3 Å². The maximum Gasteiger partial charge on any atom is 0.212 e. The summed E-state index contributed by atoms with van der Waals surface area (Å²) in [5, 5.41) is 14.0. The lowest BCUT2D eigenvalue weighted by molar-refractivity contribution is -0.660. The molecule has 6 heterocycles. The van der Waals surface area contributed by atoms with Gasteiger partial charge in [-0.05, 0) is 203 Å². The van der Waals surface area contributed by atoms with Crippen LogP contribution in [0.5, 0.6) is 0 Å². The van der Waals surface area contributed by atoms with Gasteiger partial charge in [0.2, 0.25) is 17.1 Å². The van der Waals surface area contributed by atoms with Crippen LogP contribution in [0.15, 0.2) is 214 Å². The van der Waals surface area contributed by atoms with Crippen LogP contribution in [0.25, 0.3) is 132 Å². The predicted octanol–water partition coefficient (Wildman–Crippen LogP) is 21.6. The van der Waals surface area contributed by atoms with E-state index in [4.69, 9.17) is 20.1 Å². The number of aromatic nitrogens is 3. The Labute approximate surface area is 541 Å². The van der Waals surface area contributed by atoms with Gasteiger partial charge in [-0.2, -0.15) is 0 Å². The molecule has 0 aliphatic heterocycles. The first kappa shape index (κ1) is 52.4. The van der Waals surface area contributed by atoms with Crippen molar-refractivity contribution < 1.29 is 33.8 Å². The second-order valence-electron chi connectivity index (χ2n) is 26.2. The summed E-state index contributed by atoms with van der Waals surface area (Å²) in [5.74, 6) is -0.467. The highest BCUT2D eigenvalue weighted by Gasteiger charge is 2.25. The standard InChI is InChI=1S/2C29H28NO.C27H26NO/c1-19-13-25-26-16-22-9-5-6-10-23(22)17-28(26)31-29(25)18-24(19)27-15-21(11-12-30(27)2)14-20-7-3-4-8-20;1-19-14-25-26-15-21-10-6-7-11-22(21)17-28(26)31-29(25)18-24(19)27-16-23(12-13-30(27)2)20-8-4-3-5-9-20;1-17(2)11-19-9-10-28(4)25(13-19)22-16-27-23(12-18(22)3)24-14-20-7-5-6-8-21(20)15-26(24)29-27/h5-6,9-13,15-18,20H,3-4,7-8,14H2,1-2H3;6-7,10-18,20H,3-5,8-9H2,1-2H3;5-10,12-17H,11H2,1-4H3/q3*+1/i14D2;20D;11D2. The summed E-state index contributed by atoms with van der Waals surface area (Å²) in [6.07, 6.45) is 13.0. The van der Waals surface area contributed by atoms with Crippen LogP contribution < -0.4 is 13.7 Å². The Morgan fingerprint density at radius 2 is 0.736 bits per heavy atom. The summed E-state index contributed by atoms with van der Waals surface area (Å²) >= 11 is 0. The molecule has 0 atom stereocenters. The first-order valence-electron chi connectivity index (χ1n) is 35.3. The van der Waals surface area contributed by atoms with Crippen molar-refractivity contribution in [1.29, 1.82) is 0 Å². The Hall–Kier alpha value is -9.39. The van der Waals surface area contributed by atoms with E-state index in [2.05, 4.69) is 195 Å². The number of furan rings is 3. The average molecular weight is 1200 g/mol. The highest BCUT2D eigenvalue weighted by Crippen LogP contribution is 2.41. The third-order valence-electron chi connectivity index (χ3n) is 19.4. The molecule has 452 valence electrons. The minimum atomic E-state index is -1.39. The number of hydrogen-bond donors (Lipinski definition) is 0. The van der Waals surface area contributed by atoms with Gasteiger partial charge in [0.1, 0.15) is 54.6 Å². The van der Waals surface area contributed by atoms with Gasteiger partial charge in [-0.25, -0.2) is 13.7 Å². The Morgan fingerprint density at radius 3 is 1.15 bits per heavy atom. The van der Waals surface area contributed by atoms with Crippen LogP contribution in [0.3, 0.4) is 0 Å². The van der Waals surface area contributed by atoms with Gasteiger partial charge in [-0.15, -0.1) is 0 Å². The fourth-order valence-corrected chi connectivity index (χ4v) is 14.5. The third-order valence-corrected chi connectivity index (χ3v) is 19.4. The van der Waals surface area contributed by atoms with E-state index in [1.807, 2.05) is 75.2 Å². The van der Waals surface area contributed by atoms with Gasteiger partial charge in [0.05, 0.1) is 16.7 Å². The molecule has 17 rings (SSSR count). The molecule has 0 amide bonds. The number of aryl methyl sites for hydroxylation is 6. The second-order valence-corrected chi connectivity index (χ2v) is 26.2. The minimum Gasteiger partial charge on any atom is -0.456 e. The Morgan fingerprint density at radius 1 is 0.396 bits per heavy atom. The van der Waals surface area contributed by atoms with Crippen LogP contribution in [0.4, 0.5) is 0 Å². The fraction of sp³-hybridized carbons (Fsp3) is 0.259. The van der Waals surface area contributed by atoms with Gasteiger partial charge >= 0.3 is 0 Å². The van der Waals surface area contributed by atoms with Crippen molar-refractivity contribution in [1.82, 2.24) is 0 Å². The van der Waals surface area contributed by atoms with E-state index in [1.54, 1.807) is 0 Å². The second kappa shape index (κ2) is 24.1. The molecule has 0 radical (unpaired) electrons. The lowest BCUT2D eigenvalue weighted by Gasteiger charge is -2.21. The molecule has 6 heteroatoms. The number of pyridine rings is 3. The Kier molecular flexibility index (Phi) is 13.9. The van der Waals surface area contributed by atoms with Crippen molar-refractivity contribution in [3.05, 3.63) is 234 Å². The normalized spacial score (nSPS) is 15.5. The SMILES string of the molecule is [2H]C([2H])(c1cc[n+](C)c(-c2cc3oc4cc5ccccc5cc4c3cc2C)c1)C(C)C.[2H]C([2H])(c1cc[n+](C)c(-c2cc3oc4cc5ccccc5cc4c3cc2C)c1)C1CCCC1.[2H]C1(c2cc[n+](C)c(-c3cc4oc5cc6ccccc6cc5c4cc3C)c2)CCCCC1. The highest BCUT2D eigenvalue weighted by molar-refractivity contribution is 6.13. The van der Waals surface area contributed by atoms with Crippen molar-refractivity contribution in [2.45, 2.75) is 111 Å². The van der Waals surface area contributed by atoms with E-state index in [-0.39, 0.29) is 11.8 Å². The zero-order chi connectivity index (χ0) is 66.5. The monoisotopic (exact) mass is 1200 g/mol. The molecule has 91 heavy (non-hydrogen) atoms. The highest BCUT2D eigenvalue weighted by atomic mass is 16.3. The van der Waals surface area contributed by atoms with Crippen LogP contribution in [0, 0.1) is 32.6 Å². The molecule has 6 nitrogen and oxygen atoms in total. The van der Waals surface area contributed by atoms with Gasteiger partial charge in [0, 0.05) is 75.6 Å². The van der Waals surface area contributed by atoms with Gasteiger partial charge in [-0.1, -0.05) is 132 Å². The van der Waals surface area contributed by atoms with Crippen molar-refractivity contribution >= 4 is 98.1 Å². The topological polar surface area (TPSA) is 51.1 Å². The lowest BCUT2D eigenvalue weighted by atomic mass is 9.84. The summed E-state index contributed by atoms with van der Waals surface area (Å²) in [6.45, 7) is 10.3. The summed E-state index contributed by atoms with van der Waals surface area (Å²) in [5.41, 5.74) is 17.9. The van der Waals surface area contributed by atoms with Gasteiger partial charge in [0.25, 0.3) is 0 Å².